The zero-order valence-corrected chi connectivity index (χ0v) is 12.6. The summed E-state index contributed by atoms with van der Waals surface area (Å²) in [5, 5.41) is 3.44. The Hall–Kier alpha value is -1.62. The van der Waals surface area contributed by atoms with Crippen LogP contribution in [0.15, 0.2) is 18.5 Å². The van der Waals surface area contributed by atoms with Gasteiger partial charge in [0.05, 0.1) is 5.69 Å². The highest BCUT2D eigenvalue weighted by molar-refractivity contribution is 7.98. The Bertz CT molecular complexity index is 627. The summed E-state index contributed by atoms with van der Waals surface area (Å²) in [6.07, 6.45) is 4.74. The zero-order valence-electron chi connectivity index (χ0n) is 11.8. The van der Waals surface area contributed by atoms with Crippen molar-refractivity contribution in [2.24, 2.45) is 0 Å². The highest BCUT2D eigenvalue weighted by Gasteiger charge is 2.20. The molecule has 1 aliphatic rings. The summed E-state index contributed by atoms with van der Waals surface area (Å²) >= 11 is 1.90. The molecule has 0 aliphatic carbocycles. The standard InChI is InChI=1S/C15H18N4S/c1-3-5-17-14-12-8-20-9-13(12)18-15(19-14)11-7-16-6-4-10(11)2/h4,6-7H,3,5,8-9H2,1-2H3,(H,17,18,19). The predicted octanol–water partition coefficient (Wildman–Crippen LogP) is 3.42. The zero-order chi connectivity index (χ0) is 13.9. The summed E-state index contributed by atoms with van der Waals surface area (Å²) in [7, 11) is 0. The lowest BCUT2D eigenvalue weighted by Crippen LogP contribution is -2.08. The van der Waals surface area contributed by atoms with Crippen molar-refractivity contribution in [1.82, 2.24) is 15.0 Å². The van der Waals surface area contributed by atoms with E-state index in [1.165, 1.54) is 11.3 Å². The van der Waals surface area contributed by atoms with Crippen LogP contribution in [0.2, 0.25) is 0 Å². The first-order valence-corrected chi connectivity index (χ1v) is 8.07. The number of fused-ring (bicyclic) bond motifs is 1. The number of anilines is 1. The molecule has 2 aromatic heterocycles. The molecule has 0 bridgehead atoms. The third-order valence-electron chi connectivity index (χ3n) is 3.40. The van der Waals surface area contributed by atoms with E-state index < -0.39 is 0 Å². The number of pyridine rings is 1. The molecule has 5 heteroatoms. The molecule has 0 spiro atoms. The van der Waals surface area contributed by atoms with Gasteiger partial charge in [-0.2, -0.15) is 11.8 Å². The molecule has 1 aliphatic heterocycles. The van der Waals surface area contributed by atoms with Crippen LogP contribution in [0.1, 0.15) is 30.2 Å². The number of rotatable bonds is 4. The van der Waals surface area contributed by atoms with Crippen LogP contribution in [0.5, 0.6) is 0 Å². The SMILES string of the molecule is CCCNc1nc(-c2cnccc2C)nc2c1CSC2. The largest absolute Gasteiger partial charge is 0.370 e. The van der Waals surface area contributed by atoms with Crippen LogP contribution in [-0.4, -0.2) is 21.5 Å². The molecule has 0 amide bonds. The van der Waals surface area contributed by atoms with E-state index in [1.54, 1.807) is 6.20 Å². The quantitative estimate of drug-likeness (QED) is 0.933. The Balaban J connectivity index is 2.06. The average Bonchev–Trinajstić information content (AvgIpc) is 2.93. The summed E-state index contributed by atoms with van der Waals surface area (Å²) in [4.78, 5) is 13.7. The fraction of sp³-hybridized carbons (Fsp3) is 0.400. The molecule has 0 aromatic carbocycles. The molecule has 0 saturated heterocycles. The fourth-order valence-corrected chi connectivity index (χ4v) is 3.30. The van der Waals surface area contributed by atoms with E-state index in [0.29, 0.717) is 0 Å². The second kappa shape index (κ2) is 5.79. The van der Waals surface area contributed by atoms with Gasteiger partial charge in [-0.1, -0.05) is 6.92 Å². The van der Waals surface area contributed by atoms with Crippen molar-refractivity contribution in [2.75, 3.05) is 11.9 Å². The van der Waals surface area contributed by atoms with Crippen LogP contribution in [0.25, 0.3) is 11.4 Å². The van der Waals surface area contributed by atoms with Crippen LogP contribution in [0.4, 0.5) is 5.82 Å². The summed E-state index contributed by atoms with van der Waals surface area (Å²) in [5.74, 6) is 3.77. The highest BCUT2D eigenvalue weighted by Crippen LogP contribution is 2.34. The van der Waals surface area contributed by atoms with Crippen molar-refractivity contribution in [2.45, 2.75) is 31.8 Å². The van der Waals surface area contributed by atoms with E-state index in [-0.39, 0.29) is 0 Å². The van der Waals surface area contributed by atoms with Crippen LogP contribution in [0, 0.1) is 6.92 Å². The van der Waals surface area contributed by atoms with Crippen molar-refractivity contribution in [3.05, 3.63) is 35.3 Å². The molecular formula is C15H18N4S. The summed E-state index contributed by atoms with van der Waals surface area (Å²) in [6.45, 7) is 5.18. The molecule has 3 rings (SSSR count). The molecular weight excluding hydrogens is 268 g/mol. The molecule has 104 valence electrons. The molecule has 2 aromatic rings. The first kappa shape index (κ1) is 13.4. The van der Waals surface area contributed by atoms with E-state index in [1.807, 2.05) is 24.0 Å². The van der Waals surface area contributed by atoms with Crippen LogP contribution >= 0.6 is 11.8 Å². The van der Waals surface area contributed by atoms with Crippen molar-refractivity contribution in [1.29, 1.82) is 0 Å². The second-order valence-corrected chi connectivity index (χ2v) is 5.92. The Morgan fingerprint density at radius 3 is 3.00 bits per heavy atom. The van der Waals surface area contributed by atoms with Crippen molar-refractivity contribution in [3.8, 4) is 11.4 Å². The Morgan fingerprint density at radius 2 is 2.20 bits per heavy atom. The Morgan fingerprint density at radius 1 is 1.30 bits per heavy atom. The summed E-state index contributed by atoms with van der Waals surface area (Å²) in [6, 6.07) is 2.00. The van der Waals surface area contributed by atoms with Gasteiger partial charge in [0.15, 0.2) is 5.82 Å². The monoisotopic (exact) mass is 286 g/mol. The van der Waals surface area contributed by atoms with Gasteiger partial charge in [0, 0.05) is 41.6 Å². The maximum atomic E-state index is 4.74. The lowest BCUT2D eigenvalue weighted by Gasteiger charge is -2.12. The maximum Gasteiger partial charge on any atom is 0.163 e. The molecule has 3 heterocycles. The molecule has 0 radical (unpaired) electrons. The highest BCUT2D eigenvalue weighted by atomic mass is 32.2. The molecule has 0 atom stereocenters. The maximum absolute atomic E-state index is 4.74. The van der Waals surface area contributed by atoms with Gasteiger partial charge < -0.3 is 5.32 Å². The van der Waals surface area contributed by atoms with Crippen molar-refractivity contribution in [3.63, 3.8) is 0 Å². The number of hydrogen-bond donors (Lipinski definition) is 1. The van der Waals surface area contributed by atoms with Gasteiger partial charge in [-0.25, -0.2) is 9.97 Å². The third kappa shape index (κ3) is 2.50. The lowest BCUT2D eigenvalue weighted by molar-refractivity contribution is 0.954. The number of aromatic nitrogens is 3. The Labute approximate surface area is 123 Å². The van der Waals surface area contributed by atoms with E-state index in [0.717, 1.165) is 47.2 Å². The molecule has 0 saturated carbocycles. The first-order valence-electron chi connectivity index (χ1n) is 6.92. The molecule has 20 heavy (non-hydrogen) atoms. The van der Waals surface area contributed by atoms with Gasteiger partial charge in [-0.15, -0.1) is 0 Å². The smallest absolute Gasteiger partial charge is 0.163 e. The van der Waals surface area contributed by atoms with E-state index >= 15 is 0 Å². The number of hydrogen-bond acceptors (Lipinski definition) is 5. The normalized spacial score (nSPS) is 13.3. The average molecular weight is 286 g/mol. The van der Waals surface area contributed by atoms with Gasteiger partial charge in [-0.05, 0) is 25.0 Å². The van der Waals surface area contributed by atoms with Gasteiger partial charge >= 0.3 is 0 Å². The first-order chi connectivity index (χ1) is 9.79. The van der Waals surface area contributed by atoms with Crippen LogP contribution in [-0.2, 0) is 11.5 Å². The summed E-state index contributed by atoms with van der Waals surface area (Å²) < 4.78 is 0. The van der Waals surface area contributed by atoms with E-state index in [2.05, 4.69) is 24.1 Å². The van der Waals surface area contributed by atoms with Crippen molar-refractivity contribution < 1.29 is 0 Å². The minimum atomic E-state index is 0.787. The lowest BCUT2D eigenvalue weighted by atomic mass is 10.1. The molecule has 0 fully saturated rings. The fourth-order valence-electron chi connectivity index (χ4n) is 2.26. The summed E-state index contributed by atoms with van der Waals surface area (Å²) in [5.41, 5.74) is 4.62. The minimum absolute atomic E-state index is 0.787. The molecule has 1 N–H and O–H groups in total. The number of nitrogens with one attached hydrogen (secondary N) is 1. The van der Waals surface area contributed by atoms with E-state index in [4.69, 9.17) is 9.97 Å². The predicted molar refractivity (Wildman–Crippen MR) is 83.8 cm³/mol. The number of thioether (sulfide) groups is 1. The number of nitrogens with zero attached hydrogens (tertiary/aromatic N) is 3. The topological polar surface area (TPSA) is 50.7 Å². The number of aryl methyl sites for hydroxylation is 1. The van der Waals surface area contributed by atoms with Gasteiger partial charge in [0.25, 0.3) is 0 Å². The minimum Gasteiger partial charge on any atom is -0.370 e. The van der Waals surface area contributed by atoms with Crippen LogP contribution in [0.3, 0.4) is 0 Å². The van der Waals surface area contributed by atoms with Gasteiger partial charge in [0.2, 0.25) is 0 Å². The second-order valence-electron chi connectivity index (χ2n) is 4.93. The molecule has 0 unspecified atom stereocenters. The van der Waals surface area contributed by atoms with E-state index in [9.17, 15) is 0 Å². The van der Waals surface area contributed by atoms with Gasteiger partial charge in [0.1, 0.15) is 5.82 Å². The molecule has 4 nitrogen and oxygen atoms in total. The Kier molecular flexibility index (Phi) is 3.87. The van der Waals surface area contributed by atoms with Crippen molar-refractivity contribution >= 4 is 17.6 Å². The van der Waals surface area contributed by atoms with Crippen LogP contribution < -0.4 is 5.32 Å². The third-order valence-corrected chi connectivity index (χ3v) is 4.37. The van der Waals surface area contributed by atoms with Gasteiger partial charge in [-0.3, -0.25) is 4.98 Å².